The second-order valence-corrected chi connectivity index (χ2v) is 7.44. The van der Waals surface area contributed by atoms with Crippen molar-refractivity contribution in [3.63, 3.8) is 0 Å². The zero-order chi connectivity index (χ0) is 14.5. The zero-order valence-electron chi connectivity index (χ0n) is 13.4. The van der Waals surface area contributed by atoms with E-state index in [1.165, 1.54) is 25.7 Å². The third-order valence-electron chi connectivity index (χ3n) is 4.11. The predicted molar refractivity (Wildman–Crippen MR) is 81.1 cm³/mol. The number of amides is 1. The van der Waals surface area contributed by atoms with Crippen LogP contribution in [0.4, 0.5) is 0 Å². The van der Waals surface area contributed by atoms with E-state index >= 15 is 0 Å². The summed E-state index contributed by atoms with van der Waals surface area (Å²) in [6.07, 6.45) is 5.12. The molecule has 0 radical (unpaired) electrons. The van der Waals surface area contributed by atoms with Crippen molar-refractivity contribution in [3.8, 4) is 0 Å². The highest BCUT2D eigenvalue weighted by Gasteiger charge is 2.33. The number of hydrogen-bond acceptors (Lipinski definition) is 2. The lowest BCUT2D eigenvalue weighted by Gasteiger charge is -2.40. The van der Waals surface area contributed by atoms with Crippen molar-refractivity contribution >= 4 is 5.91 Å². The topological polar surface area (TPSA) is 41.1 Å². The van der Waals surface area contributed by atoms with Gasteiger partial charge in [0.15, 0.2) is 0 Å². The van der Waals surface area contributed by atoms with Crippen molar-refractivity contribution in [1.82, 2.24) is 10.6 Å². The molecule has 1 amide bonds. The fourth-order valence-corrected chi connectivity index (χ4v) is 3.02. The highest BCUT2D eigenvalue weighted by Crippen LogP contribution is 2.37. The maximum absolute atomic E-state index is 11.8. The first-order chi connectivity index (χ1) is 8.80. The van der Waals surface area contributed by atoms with Gasteiger partial charge in [0.25, 0.3) is 0 Å². The predicted octanol–water partition coefficient (Wildman–Crippen LogP) is 2.95. The Morgan fingerprint density at radius 3 is 2.42 bits per heavy atom. The van der Waals surface area contributed by atoms with Crippen LogP contribution in [0.5, 0.6) is 0 Å². The summed E-state index contributed by atoms with van der Waals surface area (Å²) in [5.41, 5.74) is 0.326. The molecule has 3 heteroatoms. The van der Waals surface area contributed by atoms with E-state index in [4.69, 9.17) is 0 Å². The first-order valence-corrected chi connectivity index (χ1v) is 7.80. The standard InChI is InChI=1S/C16H32N2O/c1-12(2)10-18-15(19)11-17-14-9-7-6-8-13(14)16(3,4)5/h12-14,17H,6-11H2,1-5H3,(H,18,19). The number of rotatable bonds is 5. The Hall–Kier alpha value is -0.570. The Balaban J connectivity index is 2.39. The van der Waals surface area contributed by atoms with Crippen LogP contribution in [0.1, 0.15) is 60.3 Å². The Kier molecular flexibility index (Phi) is 6.31. The van der Waals surface area contributed by atoms with Gasteiger partial charge in [-0.1, -0.05) is 47.5 Å². The van der Waals surface area contributed by atoms with E-state index in [1.807, 2.05) is 0 Å². The summed E-state index contributed by atoms with van der Waals surface area (Å²) in [5.74, 6) is 1.33. The summed E-state index contributed by atoms with van der Waals surface area (Å²) in [6.45, 7) is 12.4. The smallest absolute Gasteiger partial charge is 0.233 e. The van der Waals surface area contributed by atoms with Crippen LogP contribution in [-0.2, 0) is 4.79 Å². The maximum atomic E-state index is 11.8. The van der Waals surface area contributed by atoms with E-state index in [9.17, 15) is 4.79 Å². The molecular formula is C16H32N2O. The molecule has 1 aliphatic carbocycles. The van der Waals surface area contributed by atoms with E-state index in [0.717, 1.165) is 6.54 Å². The molecule has 0 bridgehead atoms. The van der Waals surface area contributed by atoms with Gasteiger partial charge >= 0.3 is 0 Å². The summed E-state index contributed by atoms with van der Waals surface area (Å²) >= 11 is 0. The normalized spacial score (nSPS) is 24.5. The molecule has 19 heavy (non-hydrogen) atoms. The lowest BCUT2D eigenvalue weighted by molar-refractivity contribution is -0.120. The molecule has 1 rings (SSSR count). The first kappa shape index (κ1) is 16.5. The van der Waals surface area contributed by atoms with Crippen LogP contribution >= 0.6 is 0 Å². The zero-order valence-corrected chi connectivity index (χ0v) is 13.4. The van der Waals surface area contributed by atoms with Crippen LogP contribution in [-0.4, -0.2) is 25.0 Å². The minimum Gasteiger partial charge on any atom is -0.355 e. The largest absolute Gasteiger partial charge is 0.355 e. The maximum Gasteiger partial charge on any atom is 0.233 e. The molecule has 2 atom stereocenters. The van der Waals surface area contributed by atoms with Crippen LogP contribution < -0.4 is 10.6 Å². The van der Waals surface area contributed by atoms with Crippen LogP contribution in [0.3, 0.4) is 0 Å². The third-order valence-corrected chi connectivity index (χ3v) is 4.11. The fourth-order valence-electron chi connectivity index (χ4n) is 3.02. The minimum absolute atomic E-state index is 0.131. The number of hydrogen-bond donors (Lipinski definition) is 2. The molecule has 2 unspecified atom stereocenters. The second-order valence-electron chi connectivity index (χ2n) is 7.44. The quantitative estimate of drug-likeness (QED) is 0.805. The van der Waals surface area contributed by atoms with E-state index in [-0.39, 0.29) is 5.91 Å². The van der Waals surface area contributed by atoms with Gasteiger partial charge in [-0.15, -0.1) is 0 Å². The van der Waals surface area contributed by atoms with Crippen molar-refractivity contribution < 1.29 is 4.79 Å². The van der Waals surface area contributed by atoms with Crippen molar-refractivity contribution in [2.75, 3.05) is 13.1 Å². The Labute approximate surface area is 118 Å². The molecule has 0 heterocycles. The van der Waals surface area contributed by atoms with Crippen LogP contribution in [0.25, 0.3) is 0 Å². The Morgan fingerprint density at radius 2 is 1.84 bits per heavy atom. The molecule has 0 aromatic rings. The van der Waals surface area contributed by atoms with Gasteiger partial charge < -0.3 is 10.6 Å². The summed E-state index contributed by atoms with van der Waals surface area (Å²) in [6, 6.07) is 0.499. The van der Waals surface area contributed by atoms with Crippen molar-refractivity contribution in [2.24, 2.45) is 17.3 Å². The van der Waals surface area contributed by atoms with E-state index in [0.29, 0.717) is 29.8 Å². The second kappa shape index (κ2) is 7.28. The van der Waals surface area contributed by atoms with E-state index in [2.05, 4.69) is 45.3 Å². The van der Waals surface area contributed by atoms with Gasteiger partial charge in [0.05, 0.1) is 6.54 Å². The van der Waals surface area contributed by atoms with E-state index < -0.39 is 0 Å². The fraction of sp³-hybridized carbons (Fsp3) is 0.938. The number of nitrogens with one attached hydrogen (secondary N) is 2. The van der Waals surface area contributed by atoms with Crippen molar-refractivity contribution in [1.29, 1.82) is 0 Å². The van der Waals surface area contributed by atoms with Crippen molar-refractivity contribution in [2.45, 2.75) is 66.3 Å². The lowest BCUT2D eigenvalue weighted by atomic mass is 9.69. The first-order valence-electron chi connectivity index (χ1n) is 7.80. The lowest BCUT2D eigenvalue weighted by Crippen LogP contribution is -2.47. The molecule has 2 N–H and O–H groups in total. The van der Waals surface area contributed by atoms with Gasteiger partial charge in [0, 0.05) is 12.6 Å². The van der Waals surface area contributed by atoms with Gasteiger partial charge in [0.2, 0.25) is 5.91 Å². The Morgan fingerprint density at radius 1 is 1.21 bits per heavy atom. The van der Waals surface area contributed by atoms with Crippen LogP contribution in [0.2, 0.25) is 0 Å². The van der Waals surface area contributed by atoms with Gasteiger partial charge in [-0.2, -0.15) is 0 Å². The molecule has 1 saturated carbocycles. The molecule has 3 nitrogen and oxygen atoms in total. The van der Waals surface area contributed by atoms with Gasteiger partial charge in [-0.3, -0.25) is 4.79 Å². The molecule has 112 valence electrons. The van der Waals surface area contributed by atoms with Crippen LogP contribution in [0, 0.1) is 17.3 Å². The van der Waals surface area contributed by atoms with E-state index in [1.54, 1.807) is 0 Å². The summed E-state index contributed by atoms with van der Waals surface area (Å²) in [5, 5.41) is 6.46. The van der Waals surface area contributed by atoms with Gasteiger partial charge in [-0.05, 0) is 30.1 Å². The Bertz CT molecular complexity index is 281. The highest BCUT2D eigenvalue weighted by atomic mass is 16.1. The monoisotopic (exact) mass is 268 g/mol. The molecular weight excluding hydrogens is 236 g/mol. The third kappa shape index (κ3) is 5.94. The molecule has 1 aliphatic rings. The summed E-state index contributed by atoms with van der Waals surface area (Å²) in [4.78, 5) is 11.8. The number of carbonyl (C=O) groups excluding carboxylic acids is 1. The average molecular weight is 268 g/mol. The summed E-state index contributed by atoms with van der Waals surface area (Å²) in [7, 11) is 0. The molecule has 0 aromatic heterocycles. The molecule has 1 fully saturated rings. The average Bonchev–Trinajstić information content (AvgIpc) is 2.33. The van der Waals surface area contributed by atoms with Crippen LogP contribution in [0.15, 0.2) is 0 Å². The molecule has 0 aromatic carbocycles. The molecule has 0 spiro atoms. The highest BCUT2D eigenvalue weighted by molar-refractivity contribution is 5.78. The molecule has 0 saturated heterocycles. The number of carbonyl (C=O) groups is 1. The summed E-state index contributed by atoms with van der Waals surface area (Å²) < 4.78 is 0. The molecule has 0 aliphatic heterocycles. The SMILES string of the molecule is CC(C)CNC(=O)CNC1CCCCC1C(C)(C)C. The minimum atomic E-state index is 0.131. The van der Waals surface area contributed by atoms with Crippen molar-refractivity contribution in [3.05, 3.63) is 0 Å². The van der Waals surface area contributed by atoms with Gasteiger partial charge in [0.1, 0.15) is 0 Å². The van der Waals surface area contributed by atoms with Gasteiger partial charge in [-0.25, -0.2) is 0 Å².